The fourth-order valence-corrected chi connectivity index (χ4v) is 3.12. The summed E-state index contributed by atoms with van der Waals surface area (Å²) in [6, 6.07) is 9.67. The van der Waals surface area contributed by atoms with Crippen molar-refractivity contribution in [2.24, 2.45) is 0 Å². The van der Waals surface area contributed by atoms with Crippen molar-refractivity contribution in [1.29, 1.82) is 0 Å². The van der Waals surface area contributed by atoms with Crippen LogP contribution in [0.4, 0.5) is 0 Å². The van der Waals surface area contributed by atoms with Crippen molar-refractivity contribution >= 4 is 17.3 Å². The molecule has 122 valence electrons. The van der Waals surface area contributed by atoms with E-state index in [1.807, 2.05) is 49.6 Å². The van der Waals surface area contributed by atoms with Gasteiger partial charge in [0.15, 0.2) is 11.5 Å². The number of rotatable bonds is 5. The predicted molar refractivity (Wildman–Crippen MR) is 89.4 cm³/mol. The number of fused-ring (bicyclic) bond motifs is 1. The van der Waals surface area contributed by atoms with Crippen molar-refractivity contribution < 1.29 is 19.0 Å². The maximum absolute atomic E-state index is 12.5. The molecule has 1 aromatic heterocycles. The van der Waals surface area contributed by atoms with E-state index < -0.39 is 5.41 Å². The molecule has 1 aromatic carbocycles. The Kier molecular flexibility index (Phi) is 4.57. The number of carbonyl (C=O) groups is 1. The largest absolute Gasteiger partial charge is 0.486 e. The average molecular weight is 332 g/mol. The Morgan fingerprint density at radius 2 is 2.00 bits per heavy atom. The number of hydrogen-bond donors (Lipinski definition) is 0. The minimum Gasteiger partial charge on any atom is -0.486 e. The van der Waals surface area contributed by atoms with Gasteiger partial charge in [-0.15, -0.1) is 11.3 Å². The first kappa shape index (κ1) is 15.9. The quantitative estimate of drug-likeness (QED) is 0.785. The highest BCUT2D eigenvalue weighted by atomic mass is 32.1. The Labute approximate surface area is 140 Å². The average Bonchev–Trinajstić information content (AvgIpc) is 3.07. The summed E-state index contributed by atoms with van der Waals surface area (Å²) in [4.78, 5) is 13.7. The van der Waals surface area contributed by atoms with Crippen LogP contribution in [-0.4, -0.2) is 25.8 Å². The van der Waals surface area contributed by atoms with E-state index in [9.17, 15) is 4.79 Å². The Bertz CT molecular complexity index is 676. The Morgan fingerprint density at radius 1 is 1.22 bits per heavy atom. The summed E-state index contributed by atoms with van der Waals surface area (Å²) >= 11 is 1.67. The van der Waals surface area contributed by atoms with Crippen molar-refractivity contribution in [2.75, 3.05) is 19.8 Å². The van der Waals surface area contributed by atoms with E-state index in [-0.39, 0.29) is 5.97 Å². The van der Waals surface area contributed by atoms with Crippen LogP contribution in [0.25, 0.3) is 0 Å². The number of ether oxygens (including phenoxy) is 3. The SMILES string of the molecule is CC(C)(C(=O)OCCc1cccs1)c1ccc2c(c1)OCCO2. The van der Waals surface area contributed by atoms with Crippen molar-refractivity contribution in [3.63, 3.8) is 0 Å². The molecule has 0 bridgehead atoms. The fourth-order valence-electron chi connectivity index (χ4n) is 2.43. The molecule has 0 saturated heterocycles. The first-order valence-electron chi connectivity index (χ1n) is 7.67. The number of esters is 1. The second-order valence-electron chi connectivity index (χ2n) is 5.95. The monoisotopic (exact) mass is 332 g/mol. The molecule has 0 N–H and O–H groups in total. The molecule has 1 aliphatic rings. The standard InChI is InChI=1S/C18H20O4S/c1-18(2,17(19)22-8-7-14-4-3-11-23-14)13-5-6-15-16(12-13)21-10-9-20-15/h3-6,11-12H,7-10H2,1-2H3. The lowest BCUT2D eigenvalue weighted by atomic mass is 9.84. The summed E-state index contributed by atoms with van der Waals surface area (Å²) in [5, 5.41) is 2.02. The second-order valence-corrected chi connectivity index (χ2v) is 6.98. The molecule has 2 aromatic rings. The van der Waals surface area contributed by atoms with E-state index in [0.717, 1.165) is 17.7 Å². The van der Waals surface area contributed by atoms with Crippen LogP contribution in [0.3, 0.4) is 0 Å². The normalized spacial score (nSPS) is 13.7. The molecule has 3 rings (SSSR count). The molecular weight excluding hydrogens is 312 g/mol. The van der Waals surface area contributed by atoms with Crippen LogP contribution in [0, 0.1) is 0 Å². The third kappa shape index (κ3) is 3.50. The van der Waals surface area contributed by atoms with Gasteiger partial charge in [-0.3, -0.25) is 4.79 Å². The molecule has 0 atom stereocenters. The van der Waals surface area contributed by atoms with Crippen LogP contribution in [0.2, 0.25) is 0 Å². The Hall–Kier alpha value is -2.01. The van der Waals surface area contributed by atoms with Crippen molar-refractivity contribution in [3.8, 4) is 11.5 Å². The molecular formula is C18H20O4S. The third-order valence-electron chi connectivity index (χ3n) is 3.94. The summed E-state index contributed by atoms with van der Waals surface area (Å²) in [5.41, 5.74) is 0.133. The highest BCUT2D eigenvalue weighted by molar-refractivity contribution is 7.09. The summed E-state index contributed by atoms with van der Waals surface area (Å²) < 4.78 is 16.6. The summed E-state index contributed by atoms with van der Waals surface area (Å²) in [6.45, 7) is 5.22. The lowest BCUT2D eigenvalue weighted by Crippen LogP contribution is -2.31. The topological polar surface area (TPSA) is 44.8 Å². The molecule has 0 spiro atoms. The number of carbonyl (C=O) groups excluding carboxylic acids is 1. The third-order valence-corrected chi connectivity index (χ3v) is 4.87. The van der Waals surface area contributed by atoms with E-state index in [1.54, 1.807) is 11.3 Å². The van der Waals surface area contributed by atoms with Gasteiger partial charge in [-0.05, 0) is 43.0 Å². The van der Waals surface area contributed by atoms with Crippen LogP contribution in [0.15, 0.2) is 35.7 Å². The zero-order valence-corrected chi connectivity index (χ0v) is 14.2. The van der Waals surface area contributed by atoms with Gasteiger partial charge in [0.25, 0.3) is 0 Å². The van der Waals surface area contributed by atoms with Gasteiger partial charge in [0.05, 0.1) is 12.0 Å². The molecule has 0 radical (unpaired) electrons. The van der Waals surface area contributed by atoms with Crippen LogP contribution >= 0.6 is 11.3 Å². The molecule has 0 fully saturated rings. The minimum atomic E-state index is -0.731. The zero-order valence-electron chi connectivity index (χ0n) is 13.3. The molecule has 0 saturated carbocycles. The Morgan fingerprint density at radius 3 is 2.74 bits per heavy atom. The highest BCUT2D eigenvalue weighted by Crippen LogP contribution is 2.35. The van der Waals surface area contributed by atoms with Gasteiger partial charge in [0, 0.05) is 11.3 Å². The molecule has 23 heavy (non-hydrogen) atoms. The van der Waals surface area contributed by atoms with E-state index >= 15 is 0 Å². The van der Waals surface area contributed by atoms with Crippen LogP contribution in [-0.2, 0) is 21.4 Å². The van der Waals surface area contributed by atoms with Gasteiger partial charge in [-0.1, -0.05) is 12.1 Å². The van der Waals surface area contributed by atoms with Gasteiger partial charge in [0.2, 0.25) is 0 Å². The molecule has 1 aliphatic heterocycles. The molecule has 2 heterocycles. The van der Waals surface area contributed by atoms with Crippen molar-refractivity contribution in [3.05, 3.63) is 46.2 Å². The van der Waals surface area contributed by atoms with E-state index in [0.29, 0.717) is 25.6 Å². The number of benzene rings is 1. The van der Waals surface area contributed by atoms with Crippen molar-refractivity contribution in [1.82, 2.24) is 0 Å². The summed E-state index contributed by atoms with van der Waals surface area (Å²) in [5.74, 6) is 1.18. The molecule has 0 unspecified atom stereocenters. The van der Waals surface area contributed by atoms with Gasteiger partial charge in [0.1, 0.15) is 13.2 Å². The van der Waals surface area contributed by atoms with Gasteiger partial charge in [-0.25, -0.2) is 0 Å². The van der Waals surface area contributed by atoms with Gasteiger partial charge < -0.3 is 14.2 Å². The smallest absolute Gasteiger partial charge is 0.315 e. The molecule has 5 heteroatoms. The fraction of sp³-hybridized carbons (Fsp3) is 0.389. The van der Waals surface area contributed by atoms with E-state index in [1.165, 1.54) is 4.88 Å². The maximum Gasteiger partial charge on any atom is 0.315 e. The molecule has 0 aliphatic carbocycles. The van der Waals surface area contributed by atoms with Crippen molar-refractivity contribution in [2.45, 2.75) is 25.7 Å². The number of thiophene rings is 1. The van der Waals surface area contributed by atoms with E-state index in [4.69, 9.17) is 14.2 Å². The summed E-state index contributed by atoms with van der Waals surface area (Å²) in [6.07, 6.45) is 0.751. The first-order valence-corrected chi connectivity index (χ1v) is 8.55. The maximum atomic E-state index is 12.5. The lowest BCUT2D eigenvalue weighted by Gasteiger charge is -2.25. The van der Waals surface area contributed by atoms with Gasteiger partial charge >= 0.3 is 5.97 Å². The second kappa shape index (κ2) is 6.62. The zero-order chi connectivity index (χ0) is 16.3. The predicted octanol–water partition coefficient (Wildman–Crippen LogP) is 3.58. The number of hydrogen-bond acceptors (Lipinski definition) is 5. The Balaban J connectivity index is 1.66. The highest BCUT2D eigenvalue weighted by Gasteiger charge is 2.32. The summed E-state index contributed by atoms with van der Waals surface area (Å²) in [7, 11) is 0. The van der Waals surface area contributed by atoms with Crippen LogP contribution in [0.5, 0.6) is 11.5 Å². The van der Waals surface area contributed by atoms with Gasteiger partial charge in [-0.2, -0.15) is 0 Å². The molecule has 0 amide bonds. The first-order chi connectivity index (χ1) is 11.1. The lowest BCUT2D eigenvalue weighted by molar-refractivity contribution is -0.149. The molecule has 4 nitrogen and oxygen atoms in total. The van der Waals surface area contributed by atoms with E-state index in [2.05, 4.69) is 0 Å². The van der Waals surface area contributed by atoms with Crippen LogP contribution < -0.4 is 9.47 Å². The van der Waals surface area contributed by atoms with Crippen LogP contribution in [0.1, 0.15) is 24.3 Å². The minimum absolute atomic E-state index is 0.231.